The molecule has 0 saturated heterocycles. The highest BCUT2D eigenvalue weighted by molar-refractivity contribution is 5.84. The molecule has 18 heavy (non-hydrogen) atoms. The summed E-state index contributed by atoms with van der Waals surface area (Å²) < 4.78 is 5.28. The van der Waals surface area contributed by atoms with E-state index in [9.17, 15) is 9.90 Å². The van der Waals surface area contributed by atoms with E-state index in [0.717, 1.165) is 6.54 Å². The van der Waals surface area contributed by atoms with Crippen molar-refractivity contribution in [3.63, 3.8) is 0 Å². The van der Waals surface area contributed by atoms with Crippen molar-refractivity contribution in [2.45, 2.75) is 39.3 Å². The summed E-state index contributed by atoms with van der Waals surface area (Å²) in [5.41, 5.74) is -0.799. The van der Waals surface area contributed by atoms with E-state index in [0.29, 0.717) is 12.3 Å². The number of carboxylic acid groups (broad SMARTS) is 1. The minimum Gasteiger partial charge on any atom is -0.475 e. The Morgan fingerprint density at radius 3 is 2.50 bits per heavy atom. The van der Waals surface area contributed by atoms with Crippen molar-refractivity contribution in [1.82, 2.24) is 4.90 Å². The van der Waals surface area contributed by atoms with Gasteiger partial charge in [-0.05, 0) is 39.4 Å². The summed E-state index contributed by atoms with van der Waals surface area (Å²) in [5.74, 6) is -0.534. The third kappa shape index (κ3) is 3.85. The fourth-order valence-corrected chi connectivity index (χ4v) is 1.89. The van der Waals surface area contributed by atoms with E-state index in [1.165, 1.54) is 6.07 Å². The number of nitrogens with zero attached hydrogens (tertiary/aromatic N) is 1. The Labute approximate surface area is 107 Å². The molecular weight excluding hydrogens is 234 g/mol. The zero-order valence-corrected chi connectivity index (χ0v) is 11.3. The summed E-state index contributed by atoms with van der Waals surface area (Å²) in [6.45, 7) is 8.64. The van der Waals surface area contributed by atoms with Crippen molar-refractivity contribution in [2.24, 2.45) is 0 Å². The van der Waals surface area contributed by atoms with E-state index in [1.54, 1.807) is 19.9 Å². The molecule has 0 bridgehead atoms. The van der Waals surface area contributed by atoms with Gasteiger partial charge in [0.15, 0.2) is 0 Å². The van der Waals surface area contributed by atoms with E-state index < -0.39 is 11.6 Å². The molecule has 0 aliphatic rings. The minimum absolute atomic E-state index is 0.0591. The second-order valence-corrected chi connectivity index (χ2v) is 5.06. The molecule has 102 valence electrons. The van der Waals surface area contributed by atoms with Crippen molar-refractivity contribution in [2.75, 3.05) is 13.1 Å². The van der Waals surface area contributed by atoms with Crippen LogP contribution >= 0.6 is 0 Å². The number of carbonyl (C=O) groups is 1. The van der Waals surface area contributed by atoms with Gasteiger partial charge in [0, 0.05) is 6.54 Å². The standard InChI is InChI=1S/C13H21NO4/c1-5-14(8-13(3,4)17)9(2)10-6-7-11(18-10)12(15)16/h6-7,9,17H,5,8H2,1-4H3,(H,15,16). The highest BCUT2D eigenvalue weighted by atomic mass is 16.4. The molecule has 0 aliphatic heterocycles. The lowest BCUT2D eigenvalue weighted by atomic mass is 10.1. The number of aromatic carboxylic acids is 1. The first-order chi connectivity index (χ1) is 8.24. The van der Waals surface area contributed by atoms with Crippen molar-refractivity contribution in [1.29, 1.82) is 0 Å². The molecule has 2 N–H and O–H groups in total. The Morgan fingerprint density at radius 2 is 2.11 bits per heavy atom. The predicted octanol–water partition coefficient (Wildman–Crippen LogP) is 2.13. The number of furan rings is 1. The van der Waals surface area contributed by atoms with Crippen molar-refractivity contribution in [3.8, 4) is 0 Å². The zero-order valence-electron chi connectivity index (χ0n) is 11.3. The van der Waals surface area contributed by atoms with Crippen LogP contribution in [0.3, 0.4) is 0 Å². The highest BCUT2D eigenvalue weighted by Gasteiger charge is 2.24. The lowest BCUT2D eigenvalue weighted by molar-refractivity contribution is 0.0213. The normalized spacial score (nSPS) is 13.9. The Morgan fingerprint density at radius 1 is 1.50 bits per heavy atom. The maximum Gasteiger partial charge on any atom is 0.371 e. The predicted molar refractivity (Wildman–Crippen MR) is 67.6 cm³/mol. The van der Waals surface area contributed by atoms with Crippen LogP contribution in [-0.4, -0.2) is 39.8 Å². The Hall–Kier alpha value is -1.33. The number of hydrogen-bond acceptors (Lipinski definition) is 4. The fraction of sp³-hybridized carbons (Fsp3) is 0.615. The molecule has 1 aromatic heterocycles. The fourth-order valence-electron chi connectivity index (χ4n) is 1.89. The molecule has 5 nitrogen and oxygen atoms in total. The third-order valence-electron chi connectivity index (χ3n) is 2.79. The van der Waals surface area contributed by atoms with E-state index in [4.69, 9.17) is 9.52 Å². The SMILES string of the molecule is CCN(CC(C)(C)O)C(C)c1ccc(C(=O)O)o1. The quantitative estimate of drug-likeness (QED) is 0.814. The van der Waals surface area contributed by atoms with Crippen LogP contribution in [0.5, 0.6) is 0 Å². The van der Waals surface area contributed by atoms with Crippen LogP contribution in [-0.2, 0) is 0 Å². The van der Waals surface area contributed by atoms with Crippen molar-refractivity contribution >= 4 is 5.97 Å². The first-order valence-corrected chi connectivity index (χ1v) is 6.04. The zero-order chi connectivity index (χ0) is 13.9. The van der Waals surface area contributed by atoms with Gasteiger partial charge in [0.2, 0.25) is 5.76 Å². The maximum atomic E-state index is 10.8. The van der Waals surface area contributed by atoms with Gasteiger partial charge in [0.1, 0.15) is 5.76 Å². The first-order valence-electron chi connectivity index (χ1n) is 6.04. The minimum atomic E-state index is -1.07. The number of aliphatic hydroxyl groups is 1. The monoisotopic (exact) mass is 255 g/mol. The van der Waals surface area contributed by atoms with Gasteiger partial charge in [0.25, 0.3) is 0 Å². The molecule has 0 amide bonds. The number of hydrogen-bond donors (Lipinski definition) is 2. The summed E-state index contributed by atoms with van der Waals surface area (Å²) >= 11 is 0. The van der Waals surface area contributed by atoms with Gasteiger partial charge in [-0.2, -0.15) is 0 Å². The molecule has 1 rings (SSSR count). The Balaban J connectivity index is 2.82. The average molecular weight is 255 g/mol. The summed E-state index contributed by atoms with van der Waals surface area (Å²) in [5, 5.41) is 18.7. The topological polar surface area (TPSA) is 73.9 Å². The van der Waals surface area contributed by atoms with Gasteiger partial charge >= 0.3 is 5.97 Å². The summed E-state index contributed by atoms with van der Waals surface area (Å²) in [6, 6.07) is 3.04. The van der Waals surface area contributed by atoms with Crippen LogP contribution in [0.25, 0.3) is 0 Å². The van der Waals surface area contributed by atoms with E-state index in [1.807, 2.05) is 18.7 Å². The van der Waals surface area contributed by atoms with Gasteiger partial charge in [-0.1, -0.05) is 6.92 Å². The molecule has 0 radical (unpaired) electrons. The molecule has 1 heterocycles. The van der Waals surface area contributed by atoms with Crippen LogP contribution < -0.4 is 0 Å². The summed E-state index contributed by atoms with van der Waals surface area (Å²) in [7, 11) is 0. The Bertz CT molecular complexity index is 405. The van der Waals surface area contributed by atoms with Crippen LogP contribution in [0.2, 0.25) is 0 Å². The maximum absolute atomic E-state index is 10.8. The molecular formula is C13H21NO4. The molecule has 0 spiro atoms. The average Bonchev–Trinajstić information content (AvgIpc) is 2.72. The number of likely N-dealkylation sites (N-methyl/N-ethyl adjacent to an activating group) is 1. The Kier molecular flexibility index (Phi) is 4.53. The van der Waals surface area contributed by atoms with E-state index >= 15 is 0 Å². The molecule has 5 heteroatoms. The van der Waals surface area contributed by atoms with Gasteiger partial charge in [-0.25, -0.2) is 4.79 Å². The molecule has 0 saturated carbocycles. The van der Waals surface area contributed by atoms with Crippen LogP contribution in [0.4, 0.5) is 0 Å². The third-order valence-corrected chi connectivity index (χ3v) is 2.79. The van der Waals surface area contributed by atoms with Gasteiger partial charge in [-0.15, -0.1) is 0 Å². The van der Waals surface area contributed by atoms with Crippen LogP contribution in [0.15, 0.2) is 16.5 Å². The highest BCUT2D eigenvalue weighted by Crippen LogP contribution is 2.24. The van der Waals surface area contributed by atoms with Crippen LogP contribution in [0, 0.1) is 0 Å². The lowest BCUT2D eigenvalue weighted by Gasteiger charge is -2.31. The van der Waals surface area contributed by atoms with Crippen molar-refractivity contribution < 1.29 is 19.4 Å². The first kappa shape index (κ1) is 14.7. The van der Waals surface area contributed by atoms with Crippen LogP contribution in [0.1, 0.15) is 50.1 Å². The molecule has 0 aliphatic carbocycles. The molecule has 1 atom stereocenters. The molecule has 1 aromatic rings. The lowest BCUT2D eigenvalue weighted by Crippen LogP contribution is -2.39. The van der Waals surface area contributed by atoms with Gasteiger partial charge in [-0.3, -0.25) is 4.90 Å². The molecule has 0 fully saturated rings. The van der Waals surface area contributed by atoms with Gasteiger partial charge < -0.3 is 14.6 Å². The summed E-state index contributed by atoms with van der Waals surface area (Å²) in [6.07, 6.45) is 0. The summed E-state index contributed by atoms with van der Waals surface area (Å²) in [4.78, 5) is 12.8. The van der Waals surface area contributed by atoms with Gasteiger partial charge in [0.05, 0.1) is 11.6 Å². The number of carboxylic acids is 1. The largest absolute Gasteiger partial charge is 0.475 e. The second kappa shape index (κ2) is 5.54. The molecule has 1 unspecified atom stereocenters. The smallest absolute Gasteiger partial charge is 0.371 e. The van der Waals surface area contributed by atoms with E-state index in [-0.39, 0.29) is 11.8 Å². The van der Waals surface area contributed by atoms with Crippen molar-refractivity contribution in [3.05, 3.63) is 23.7 Å². The van der Waals surface area contributed by atoms with E-state index in [2.05, 4.69) is 0 Å². The molecule has 0 aromatic carbocycles. The second-order valence-electron chi connectivity index (χ2n) is 5.06. The number of rotatable bonds is 6.